The third-order valence-corrected chi connectivity index (χ3v) is 3.86. The molecule has 0 unspecified atom stereocenters. The van der Waals surface area contributed by atoms with Crippen LogP contribution in [-0.4, -0.2) is 15.0 Å². The van der Waals surface area contributed by atoms with Crippen molar-refractivity contribution >= 4 is 17.0 Å². The van der Waals surface area contributed by atoms with Gasteiger partial charge in [-0.1, -0.05) is 12.1 Å². The van der Waals surface area contributed by atoms with Crippen molar-refractivity contribution in [2.75, 3.05) is 5.32 Å². The summed E-state index contributed by atoms with van der Waals surface area (Å²) in [5.41, 5.74) is 4.20. The Kier molecular flexibility index (Phi) is 3.92. The van der Waals surface area contributed by atoms with Gasteiger partial charge in [-0.2, -0.15) is 0 Å². The lowest BCUT2D eigenvalue weighted by Crippen LogP contribution is -2.03. The number of rotatable bonds is 4. The van der Waals surface area contributed by atoms with Crippen molar-refractivity contribution in [3.8, 4) is 11.3 Å². The zero-order valence-corrected chi connectivity index (χ0v) is 12.8. The van der Waals surface area contributed by atoms with Crippen LogP contribution >= 0.6 is 11.3 Å². The Bertz CT molecular complexity index is 751. The highest BCUT2D eigenvalue weighted by molar-refractivity contribution is 7.09. The smallest absolute Gasteiger partial charge is 0.125 e. The van der Waals surface area contributed by atoms with Crippen molar-refractivity contribution < 1.29 is 0 Å². The van der Waals surface area contributed by atoms with Crippen LogP contribution in [-0.2, 0) is 6.54 Å². The Morgan fingerprint density at radius 1 is 1.14 bits per heavy atom. The van der Waals surface area contributed by atoms with E-state index in [0.29, 0.717) is 6.54 Å². The summed E-state index contributed by atoms with van der Waals surface area (Å²) in [5.74, 6) is 0.793. The summed E-state index contributed by atoms with van der Waals surface area (Å²) in [5, 5.41) is 6.56. The Hall–Kier alpha value is -2.27. The van der Waals surface area contributed by atoms with E-state index in [1.807, 2.05) is 26.0 Å². The minimum Gasteiger partial charge on any atom is -0.379 e. The molecule has 0 saturated carbocycles. The zero-order valence-electron chi connectivity index (χ0n) is 12.0. The quantitative estimate of drug-likeness (QED) is 0.795. The minimum atomic E-state index is 0.683. The number of aryl methyl sites for hydroxylation is 2. The Labute approximate surface area is 127 Å². The van der Waals surface area contributed by atoms with E-state index < -0.39 is 0 Å². The van der Waals surface area contributed by atoms with Gasteiger partial charge in [0.05, 0.1) is 22.9 Å². The zero-order chi connectivity index (χ0) is 14.7. The molecule has 0 aliphatic rings. The average molecular weight is 296 g/mol. The number of benzene rings is 1. The molecule has 0 amide bonds. The predicted octanol–water partition coefficient (Wildman–Crippen LogP) is 3.83. The molecular weight excluding hydrogens is 280 g/mol. The largest absolute Gasteiger partial charge is 0.379 e. The molecule has 0 aliphatic heterocycles. The number of anilines is 1. The lowest BCUT2D eigenvalue weighted by molar-refractivity contribution is 0.955. The molecule has 5 heteroatoms. The second-order valence-corrected chi connectivity index (χ2v) is 5.84. The average Bonchev–Trinajstić information content (AvgIpc) is 2.92. The first-order valence-corrected chi connectivity index (χ1v) is 7.63. The molecule has 0 saturated heterocycles. The molecule has 0 aliphatic carbocycles. The van der Waals surface area contributed by atoms with Crippen LogP contribution in [0.15, 0.2) is 41.9 Å². The van der Waals surface area contributed by atoms with Crippen LogP contribution in [0, 0.1) is 13.8 Å². The molecule has 3 rings (SSSR count). The van der Waals surface area contributed by atoms with Crippen LogP contribution in [0.2, 0.25) is 0 Å². The molecule has 1 N–H and O–H groups in total. The molecular formula is C16H16N4S. The molecule has 4 nitrogen and oxygen atoms in total. The third-order valence-electron chi connectivity index (χ3n) is 3.08. The second-order valence-electron chi connectivity index (χ2n) is 4.78. The normalized spacial score (nSPS) is 10.6. The number of aromatic nitrogens is 3. The second kappa shape index (κ2) is 6.01. The van der Waals surface area contributed by atoms with Gasteiger partial charge in [-0.05, 0) is 32.0 Å². The van der Waals surface area contributed by atoms with E-state index in [1.165, 1.54) is 0 Å². The van der Waals surface area contributed by atoms with Gasteiger partial charge in [0.1, 0.15) is 5.82 Å². The fourth-order valence-electron chi connectivity index (χ4n) is 2.08. The van der Waals surface area contributed by atoms with E-state index >= 15 is 0 Å². The highest BCUT2D eigenvalue weighted by Gasteiger charge is 2.03. The van der Waals surface area contributed by atoms with Crippen LogP contribution in [0.5, 0.6) is 0 Å². The summed E-state index contributed by atoms with van der Waals surface area (Å²) in [4.78, 5) is 13.0. The number of hydrogen-bond donors (Lipinski definition) is 1. The summed E-state index contributed by atoms with van der Waals surface area (Å²) in [7, 11) is 0. The van der Waals surface area contributed by atoms with Crippen LogP contribution < -0.4 is 5.32 Å². The fraction of sp³-hybridized carbons (Fsp3) is 0.188. The lowest BCUT2D eigenvalue weighted by Gasteiger charge is -2.07. The molecule has 2 aromatic heterocycles. The molecule has 21 heavy (non-hydrogen) atoms. The Balaban J connectivity index is 1.74. The number of nitrogens with zero attached hydrogens (tertiary/aromatic N) is 3. The van der Waals surface area contributed by atoms with Crippen molar-refractivity contribution in [3.63, 3.8) is 0 Å². The highest BCUT2D eigenvalue weighted by atomic mass is 32.1. The minimum absolute atomic E-state index is 0.683. The van der Waals surface area contributed by atoms with Crippen LogP contribution in [0.3, 0.4) is 0 Å². The fourth-order valence-corrected chi connectivity index (χ4v) is 2.70. The van der Waals surface area contributed by atoms with Gasteiger partial charge in [0.15, 0.2) is 0 Å². The van der Waals surface area contributed by atoms with Gasteiger partial charge in [0.25, 0.3) is 0 Å². The standard InChI is InChI=1S/C16H16N4S/c1-11-17-7-6-15(19-11)9-18-14-5-3-4-13(8-14)16-10-21-12(2)20-16/h3-8,10,18H,9H2,1-2H3. The Morgan fingerprint density at radius 2 is 2.05 bits per heavy atom. The molecule has 2 heterocycles. The molecule has 106 valence electrons. The summed E-state index contributed by atoms with van der Waals surface area (Å²) in [6, 6.07) is 10.2. The van der Waals surface area contributed by atoms with Crippen LogP contribution in [0.4, 0.5) is 5.69 Å². The molecule has 0 atom stereocenters. The molecule has 1 aromatic carbocycles. The van der Waals surface area contributed by atoms with E-state index in [-0.39, 0.29) is 0 Å². The van der Waals surface area contributed by atoms with E-state index in [1.54, 1.807) is 17.5 Å². The molecule has 0 bridgehead atoms. The molecule has 3 aromatic rings. The van der Waals surface area contributed by atoms with Gasteiger partial charge in [0, 0.05) is 22.8 Å². The van der Waals surface area contributed by atoms with Crippen molar-refractivity contribution in [2.24, 2.45) is 0 Å². The first-order valence-electron chi connectivity index (χ1n) is 6.76. The van der Waals surface area contributed by atoms with E-state index in [2.05, 4.69) is 43.8 Å². The molecule has 0 fully saturated rings. The molecule has 0 spiro atoms. The maximum absolute atomic E-state index is 4.52. The Morgan fingerprint density at radius 3 is 2.81 bits per heavy atom. The van der Waals surface area contributed by atoms with E-state index in [0.717, 1.165) is 33.5 Å². The van der Waals surface area contributed by atoms with Gasteiger partial charge < -0.3 is 5.32 Å². The topological polar surface area (TPSA) is 50.7 Å². The van der Waals surface area contributed by atoms with Crippen LogP contribution in [0.1, 0.15) is 16.5 Å². The number of nitrogens with one attached hydrogen (secondary N) is 1. The van der Waals surface area contributed by atoms with Crippen molar-refractivity contribution in [3.05, 3.63) is 58.4 Å². The summed E-state index contributed by atoms with van der Waals surface area (Å²) >= 11 is 1.67. The van der Waals surface area contributed by atoms with Crippen molar-refractivity contribution in [1.82, 2.24) is 15.0 Å². The first kappa shape index (κ1) is 13.7. The molecule has 0 radical (unpaired) electrons. The van der Waals surface area contributed by atoms with Crippen LogP contribution in [0.25, 0.3) is 11.3 Å². The van der Waals surface area contributed by atoms with Crippen molar-refractivity contribution in [1.29, 1.82) is 0 Å². The predicted molar refractivity (Wildman–Crippen MR) is 86.4 cm³/mol. The van der Waals surface area contributed by atoms with Crippen molar-refractivity contribution in [2.45, 2.75) is 20.4 Å². The number of thiazole rings is 1. The summed E-state index contributed by atoms with van der Waals surface area (Å²) in [6.45, 7) is 4.60. The van der Waals surface area contributed by atoms with E-state index in [9.17, 15) is 0 Å². The first-order chi connectivity index (χ1) is 10.2. The third kappa shape index (κ3) is 3.44. The lowest BCUT2D eigenvalue weighted by atomic mass is 10.1. The van der Waals surface area contributed by atoms with Gasteiger partial charge in [-0.25, -0.2) is 15.0 Å². The van der Waals surface area contributed by atoms with Gasteiger partial charge >= 0.3 is 0 Å². The van der Waals surface area contributed by atoms with Gasteiger partial charge in [0.2, 0.25) is 0 Å². The maximum atomic E-state index is 4.52. The SMILES string of the molecule is Cc1nccc(CNc2cccc(-c3csc(C)n3)c2)n1. The van der Waals surface area contributed by atoms with Gasteiger partial charge in [-0.3, -0.25) is 0 Å². The van der Waals surface area contributed by atoms with E-state index in [4.69, 9.17) is 0 Å². The summed E-state index contributed by atoms with van der Waals surface area (Å²) < 4.78 is 0. The number of hydrogen-bond acceptors (Lipinski definition) is 5. The highest BCUT2D eigenvalue weighted by Crippen LogP contribution is 2.24. The summed E-state index contributed by atoms with van der Waals surface area (Å²) in [6.07, 6.45) is 1.79. The monoisotopic (exact) mass is 296 g/mol. The maximum Gasteiger partial charge on any atom is 0.125 e. The van der Waals surface area contributed by atoms with Gasteiger partial charge in [-0.15, -0.1) is 11.3 Å².